The third-order valence-corrected chi connectivity index (χ3v) is 2.12. The van der Waals surface area contributed by atoms with Gasteiger partial charge in [0.25, 0.3) is 0 Å². The second-order valence-corrected chi connectivity index (χ2v) is 2.86. The highest BCUT2D eigenvalue weighted by Crippen LogP contribution is 2.15. The van der Waals surface area contributed by atoms with Gasteiger partial charge >= 0.3 is 6.09 Å². The summed E-state index contributed by atoms with van der Waals surface area (Å²) in [6.45, 7) is 0.635. The van der Waals surface area contributed by atoms with Gasteiger partial charge in [-0.1, -0.05) is 0 Å². The second-order valence-electron chi connectivity index (χ2n) is 2.86. The molecular formula is C8H13NO3. The van der Waals surface area contributed by atoms with Gasteiger partial charge in [0.1, 0.15) is 6.29 Å². The Morgan fingerprint density at radius 2 is 2.33 bits per heavy atom. The van der Waals surface area contributed by atoms with E-state index < -0.39 is 6.09 Å². The molecule has 1 saturated heterocycles. The molecule has 12 heavy (non-hydrogen) atoms. The van der Waals surface area contributed by atoms with Gasteiger partial charge in [0.15, 0.2) is 0 Å². The van der Waals surface area contributed by atoms with Gasteiger partial charge in [0, 0.05) is 6.54 Å². The molecule has 1 unspecified atom stereocenters. The Morgan fingerprint density at radius 3 is 2.92 bits per heavy atom. The lowest BCUT2D eigenvalue weighted by molar-refractivity contribution is -0.112. The summed E-state index contributed by atoms with van der Waals surface area (Å²) >= 11 is 0. The number of hydrogen-bond acceptors (Lipinski definition) is 3. The average Bonchev–Trinajstić information content (AvgIpc) is 2.16. The Kier molecular flexibility index (Phi) is 3.08. The van der Waals surface area contributed by atoms with Crippen molar-refractivity contribution in [3.8, 4) is 0 Å². The Hall–Kier alpha value is -1.06. The van der Waals surface area contributed by atoms with Crippen molar-refractivity contribution >= 4 is 12.4 Å². The van der Waals surface area contributed by atoms with Gasteiger partial charge < -0.3 is 9.53 Å². The fraction of sp³-hybridized carbons (Fsp3) is 0.750. The summed E-state index contributed by atoms with van der Waals surface area (Å²) in [5.41, 5.74) is 0. The van der Waals surface area contributed by atoms with E-state index in [1.54, 1.807) is 0 Å². The maximum Gasteiger partial charge on any atom is 0.410 e. The minimum Gasteiger partial charge on any atom is -0.453 e. The number of aldehydes is 1. The number of carbonyl (C=O) groups excluding carboxylic acids is 2. The van der Waals surface area contributed by atoms with Crippen molar-refractivity contribution in [3.05, 3.63) is 0 Å². The molecule has 0 aromatic rings. The maximum atomic E-state index is 11.1. The maximum absolute atomic E-state index is 11.1. The minimum atomic E-state index is -0.396. The van der Waals surface area contributed by atoms with Crippen LogP contribution in [-0.4, -0.2) is 37.0 Å². The van der Waals surface area contributed by atoms with Crippen LogP contribution < -0.4 is 0 Å². The fourth-order valence-electron chi connectivity index (χ4n) is 1.44. The Bertz CT molecular complexity index is 181. The van der Waals surface area contributed by atoms with Crippen LogP contribution in [0.5, 0.6) is 0 Å². The van der Waals surface area contributed by atoms with Crippen molar-refractivity contribution in [2.75, 3.05) is 13.7 Å². The summed E-state index contributed by atoms with van der Waals surface area (Å²) in [6.07, 6.45) is 3.15. The molecule has 0 spiro atoms. The van der Waals surface area contributed by atoms with Crippen molar-refractivity contribution in [1.82, 2.24) is 4.90 Å². The SMILES string of the molecule is COC(=O)N1CCCCC1C=O. The molecule has 1 fully saturated rings. The molecule has 0 aromatic heterocycles. The molecule has 0 bridgehead atoms. The van der Waals surface area contributed by atoms with E-state index in [1.807, 2.05) is 0 Å². The van der Waals surface area contributed by atoms with E-state index in [4.69, 9.17) is 0 Å². The smallest absolute Gasteiger partial charge is 0.410 e. The predicted molar refractivity (Wildman–Crippen MR) is 42.8 cm³/mol. The number of likely N-dealkylation sites (tertiary alicyclic amines) is 1. The van der Waals surface area contributed by atoms with Gasteiger partial charge in [-0.25, -0.2) is 4.79 Å². The zero-order valence-corrected chi connectivity index (χ0v) is 7.16. The summed E-state index contributed by atoms with van der Waals surface area (Å²) < 4.78 is 4.55. The Morgan fingerprint density at radius 1 is 1.58 bits per heavy atom. The quantitative estimate of drug-likeness (QED) is 0.548. The molecule has 1 rings (SSSR count). The molecule has 4 nitrogen and oxygen atoms in total. The van der Waals surface area contributed by atoms with Gasteiger partial charge in [0.2, 0.25) is 0 Å². The van der Waals surface area contributed by atoms with Crippen LogP contribution in [0.1, 0.15) is 19.3 Å². The first kappa shape index (κ1) is 9.03. The van der Waals surface area contributed by atoms with E-state index in [0.29, 0.717) is 6.54 Å². The van der Waals surface area contributed by atoms with Gasteiger partial charge in [-0.05, 0) is 19.3 Å². The number of amides is 1. The van der Waals surface area contributed by atoms with Gasteiger partial charge in [-0.15, -0.1) is 0 Å². The van der Waals surface area contributed by atoms with Crippen LogP contribution in [0, 0.1) is 0 Å². The topological polar surface area (TPSA) is 46.6 Å². The molecule has 1 aliphatic rings. The van der Waals surface area contributed by atoms with Gasteiger partial charge in [-0.3, -0.25) is 4.90 Å². The van der Waals surface area contributed by atoms with E-state index >= 15 is 0 Å². The van der Waals surface area contributed by atoms with Crippen molar-refractivity contribution in [3.63, 3.8) is 0 Å². The third kappa shape index (κ3) is 1.75. The van der Waals surface area contributed by atoms with Crippen molar-refractivity contribution in [2.45, 2.75) is 25.3 Å². The number of ether oxygens (including phenoxy) is 1. The number of methoxy groups -OCH3 is 1. The van der Waals surface area contributed by atoms with Crippen molar-refractivity contribution < 1.29 is 14.3 Å². The number of hydrogen-bond donors (Lipinski definition) is 0. The predicted octanol–water partition coefficient (Wildman–Crippen LogP) is 0.806. The van der Waals surface area contributed by atoms with Crippen LogP contribution in [-0.2, 0) is 9.53 Å². The summed E-state index contributed by atoms with van der Waals surface area (Å²) in [7, 11) is 1.33. The highest BCUT2D eigenvalue weighted by molar-refractivity contribution is 5.73. The molecule has 0 radical (unpaired) electrons. The fourth-order valence-corrected chi connectivity index (χ4v) is 1.44. The van der Waals surface area contributed by atoms with Crippen LogP contribution in [0.3, 0.4) is 0 Å². The van der Waals surface area contributed by atoms with E-state index in [2.05, 4.69) is 4.74 Å². The lowest BCUT2D eigenvalue weighted by Crippen LogP contribution is -2.44. The lowest BCUT2D eigenvalue weighted by atomic mass is 10.0. The molecular weight excluding hydrogens is 158 g/mol. The van der Waals surface area contributed by atoms with Crippen LogP contribution in [0.15, 0.2) is 0 Å². The number of piperidine rings is 1. The highest BCUT2D eigenvalue weighted by Gasteiger charge is 2.26. The van der Waals surface area contributed by atoms with Crippen LogP contribution in [0.25, 0.3) is 0 Å². The summed E-state index contributed by atoms with van der Waals surface area (Å²) in [4.78, 5) is 23.1. The molecule has 0 N–H and O–H groups in total. The van der Waals surface area contributed by atoms with E-state index in [9.17, 15) is 9.59 Å². The number of carbonyl (C=O) groups is 2. The van der Waals surface area contributed by atoms with E-state index in [-0.39, 0.29) is 6.04 Å². The molecule has 0 aromatic carbocycles. The van der Waals surface area contributed by atoms with Crippen LogP contribution in [0.2, 0.25) is 0 Å². The Labute approximate surface area is 71.5 Å². The molecule has 1 heterocycles. The zero-order valence-electron chi connectivity index (χ0n) is 7.16. The van der Waals surface area contributed by atoms with Gasteiger partial charge in [0.05, 0.1) is 13.2 Å². The second kappa shape index (κ2) is 4.09. The molecule has 0 saturated carbocycles. The van der Waals surface area contributed by atoms with Gasteiger partial charge in [-0.2, -0.15) is 0 Å². The van der Waals surface area contributed by atoms with Crippen LogP contribution >= 0.6 is 0 Å². The number of nitrogens with zero attached hydrogens (tertiary/aromatic N) is 1. The summed E-state index contributed by atoms with van der Waals surface area (Å²) in [5, 5.41) is 0. The zero-order chi connectivity index (χ0) is 8.97. The largest absolute Gasteiger partial charge is 0.453 e. The molecule has 4 heteroatoms. The molecule has 1 amide bonds. The standard InChI is InChI=1S/C8H13NO3/c1-12-8(11)9-5-3-2-4-7(9)6-10/h6-7H,2-5H2,1H3. The molecule has 1 aliphatic heterocycles. The first-order valence-electron chi connectivity index (χ1n) is 4.09. The van der Waals surface area contributed by atoms with E-state index in [0.717, 1.165) is 25.5 Å². The first-order chi connectivity index (χ1) is 5.79. The average molecular weight is 171 g/mol. The summed E-state index contributed by atoms with van der Waals surface area (Å²) in [6, 6.07) is -0.272. The van der Waals surface area contributed by atoms with Crippen LogP contribution in [0.4, 0.5) is 4.79 Å². The number of rotatable bonds is 1. The lowest BCUT2D eigenvalue weighted by Gasteiger charge is -2.30. The molecule has 0 aliphatic carbocycles. The molecule has 68 valence electrons. The monoisotopic (exact) mass is 171 g/mol. The minimum absolute atomic E-state index is 0.272. The summed E-state index contributed by atoms with van der Waals surface area (Å²) in [5.74, 6) is 0. The first-order valence-corrected chi connectivity index (χ1v) is 4.09. The van der Waals surface area contributed by atoms with E-state index in [1.165, 1.54) is 12.0 Å². The van der Waals surface area contributed by atoms with Crippen molar-refractivity contribution in [1.29, 1.82) is 0 Å². The highest BCUT2D eigenvalue weighted by atomic mass is 16.5. The Balaban J connectivity index is 2.58. The molecule has 1 atom stereocenters. The van der Waals surface area contributed by atoms with Crippen molar-refractivity contribution in [2.24, 2.45) is 0 Å². The third-order valence-electron chi connectivity index (χ3n) is 2.12. The normalized spacial score (nSPS) is 23.4.